The smallest absolute Gasteiger partial charge is 0.297 e. The average molecular weight is 1750 g/mol. The zero-order valence-electron chi connectivity index (χ0n) is 74.1. The van der Waals surface area contributed by atoms with Crippen LogP contribution in [0.4, 0.5) is 0 Å². The normalized spacial score (nSPS) is 13.7. The van der Waals surface area contributed by atoms with E-state index in [1.165, 1.54) is 0 Å². The zero-order valence-corrected chi connectivity index (χ0v) is 74.1. The third-order valence-electron chi connectivity index (χ3n) is 24.0. The van der Waals surface area contributed by atoms with Gasteiger partial charge in [-0.3, -0.25) is 28.3 Å². The summed E-state index contributed by atoms with van der Waals surface area (Å²) in [5.41, 5.74) is 23.3. The molecular formula is C101H104N24O6. The van der Waals surface area contributed by atoms with Crippen molar-refractivity contribution in [3.05, 3.63) is 280 Å². The lowest BCUT2D eigenvalue weighted by Gasteiger charge is -2.13. The van der Waals surface area contributed by atoms with E-state index in [1.54, 1.807) is 0 Å². The number of nitrogens with one attached hydrogen (secondary N) is 4. The van der Waals surface area contributed by atoms with Crippen molar-refractivity contribution in [2.24, 2.45) is 0 Å². The van der Waals surface area contributed by atoms with Crippen LogP contribution in [0.3, 0.4) is 0 Å². The molecule has 0 unspecified atom stereocenters. The molecule has 8 aromatic carbocycles. The third kappa shape index (κ3) is 20.4. The van der Waals surface area contributed by atoms with Gasteiger partial charge in [0.05, 0.1) is 49.1 Å². The number of rotatable bonds is 26. The molecule has 8 aromatic heterocycles. The standard InChI is InChI=1S/C26H28N6O.C26H26N6O.C25H26N6O2.C24H24N6O2/c2*1-2-3-12-24-27-22-10-6-7-11-23(33)25(22)32(24)17-18-13-15-19(16-14-18)20-8-4-5-9-21(20)26-28-30-31-29-26;1-2-15-33-25-26-21-9-5-6-10-22(32)23(21)31(25)16-17-11-13-18(14-12-17)19-7-3-4-8-20(19)24-27-29-30-28-24;1-2-32-24-25-20-9-5-6-10-21(31)22(20)30(24)15-16-11-13-17(14-12-16)18-7-3-4-8-19(18)23-26-28-29-27-23/h4-5,8-9,13-16H,2-3,6-7,10-12,17H2,1H3,(H,28,29,30,31);3-5,8-9,12-16H,2,6-7,10-11,17H2,1H3,(H,28,29,30,31);3-4,7-8,11-14H,2,5-6,9-10,15-16H2,1H3,(H,27,28,29,30);3-4,7-8,11-14H,2,5-6,9-10,15H2,1H3,(H,26,27,28,29)/b;12-3+;;. The number of ketones is 4. The Bertz CT molecular complexity index is 6390. The van der Waals surface area contributed by atoms with Crippen molar-refractivity contribution >= 4 is 29.2 Å². The molecule has 4 aliphatic carbocycles. The second-order valence-electron chi connectivity index (χ2n) is 32.9. The number of fused-ring (bicyclic) bond motifs is 4. The summed E-state index contributed by atoms with van der Waals surface area (Å²) in [6.07, 6.45) is 22.5. The molecule has 0 saturated carbocycles. The Kier molecular flexibility index (Phi) is 28.3. The van der Waals surface area contributed by atoms with Gasteiger partial charge >= 0.3 is 0 Å². The van der Waals surface area contributed by atoms with E-state index in [0.29, 0.717) is 112 Å². The third-order valence-corrected chi connectivity index (χ3v) is 24.0. The number of benzene rings is 8. The SMILES string of the molecule is CC/C=C/c1nc2c(n1Cc1ccc(-c3ccccc3-c3nn[nH]n3)cc1)C(=O)CCCC2.CCCCc1nc2c(n1Cc1ccc(-c3ccccc3-c3nn[nH]n3)cc1)C(=O)CCCC2.CCCOc1nc2c(n1Cc1ccc(-c3ccccc3-c3nn[nH]n3)cc1)C(=O)CCCC2.CCOc1nc2c(n1Cc1ccc(-c3ccccc3-c3nn[nH]n3)cc1)C(=O)CCCC2. The van der Waals surface area contributed by atoms with Crippen molar-refractivity contribution < 1.29 is 28.7 Å². The number of carbonyl (C=O) groups excluding carboxylic acids is 4. The second-order valence-corrected chi connectivity index (χ2v) is 32.9. The van der Waals surface area contributed by atoms with Crippen molar-refractivity contribution in [1.82, 2.24) is 121 Å². The molecule has 131 heavy (non-hydrogen) atoms. The number of aromatic amines is 4. The highest BCUT2D eigenvalue weighted by atomic mass is 16.5. The molecule has 0 atom stereocenters. The number of unbranched alkanes of at least 4 members (excludes halogenated alkanes) is 1. The fourth-order valence-electron chi connectivity index (χ4n) is 17.5. The largest absolute Gasteiger partial charge is 0.465 e. The number of aromatic nitrogens is 24. The maximum absolute atomic E-state index is 12.9. The Morgan fingerprint density at radius 2 is 0.634 bits per heavy atom. The van der Waals surface area contributed by atoms with Gasteiger partial charge in [0.25, 0.3) is 12.0 Å². The fourth-order valence-corrected chi connectivity index (χ4v) is 17.5. The second kappa shape index (κ2) is 42.2. The van der Waals surface area contributed by atoms with Crippen LogP contribution in [0.25, 0.3) is 96.1 Å². The number of allylic oxidation sites excluding steroid dienone is 1. The van der Waals surface area contributed by atoms with Gasteiger partial charge in [0.2, 0.25) is 23.3 Å². The highest BCUT2D eigenvalue weighted by molar-refractivity contribution is 5.98. The zero-order chi connectivity index (χ0) is 89.8. The molecule has 30 heteroatoms. The molecule has 4 aliphatic rings. The lowest BCUT2D eigenvalue weighted by Crippen LogP contribution is -2.13. The van der Waals surface area contributed by atoms with Crippen molar-refractivity contribution in [2.45, 2.75) is 189 Å². The number of Topliss-reactive ketones (excluding diaryl/α,β-unsaturated/α-hetero) is 4. The summed E-state index contributed by atoms with van der Waals surface area (Å²) in [6.45, 7) is 11.7. The van der Waals surface area contributed by atoms with E-state index in [2.05, 4.69) is 233 Å². The summed E-state index contributed by atoms with van der Waals surface area (Å²) in [5.74, 6) is 4.94. The molecule has 30 nitrogen and oxygen atoms in total. The minimum atomic E-state index is 0.154. The maximum atomic E-state index is 12.9. The predicted octanol–water partition coefficient (Wildman–Crippen LogP) is 18.7. The molecule has 0 radical (unpaired) electrons. The molecule has 8 heterocycles. The Balaban J connectivity index is 0.000000122. The fraction of sp³-hybridized carbons (Fsp3) is 0.307. The van der Waals surface area contributed by atoms with E-state index in [-0.39, 0.29) is 23.1 Å². The summed E-state index contributed by atoms with van der Waals surface area (Å²) in [4.78, 5) is 70.5. The minimum Gasteiger partial charge on any atom is -0.465 e. The summed E-state index contributed by atoms with van der Waals surface area (Å²) in [6, 6.07) is 66.7. The van der Waals surface area contributed by atoms with Gasteiger partial charge < -0.3 is 18.6 Å². The number of tetrazole rings is 4. The highest BCUT2D eigenvalue weighted by Crippen LogP contribution is 2.38. The molecule has 664 valence electrons. The number of aryl methyl sites for hydroxylation is 5. The van der Waals surface area contributed by atoms with Gasteiger partial charge in [-0.15, -0.1) is 40.8 Å². The molecule has 0 fully saturated rings. The lowest BCUT2D eigenvalue weighted by atomic mass is 9.98. The number of carbonyl (C=O) groups is 4. The van der Waals surface area contributed by atoms with Crippen LogP contribution in [0, 0.1) is 0 Å². The Hall–Kier alpha value is -15.1. The van der Waals surface area contributed by atoms with Crippen molar-refractivity contribution in [2.75, 3.05) is 13.2 Å². The molecule has 0 aliphatic heterocycles. The Morgan fingerprint density at radius 3 is 0.962 bits per heavy atom. The molecule has 4 N–H and O–H groups in total. The van der Waals surface area contributed by atoms with E-state index in [9.17, 15) is 19.2 Å². The number of hydrogen-bond donors (Lipinski definition) is 4. The molecule has 0 amide bonds. The number of imidazole rings is 4. The van der Waals surface area contributed by atoms with Crippen molar-refractivity contribution in [1.29, 1.82) is 0 Å². The van der Waals surface area contributed by atoms with Gasteiger partial charge in [0, 0.05) is 67.4 Å². The summed E-state index contributed by atoms with van der Waals surface area (Å²) >= 11 is 0. The molecule has 16 aromatic rings. The van der Waals surface area contributed by atoms with Crippen LogP contribution in [0.1, 0.15) is 229 Å². The lowest BCUT2D eigenvalue weighted by molar-refractivity contribution is 0.0964. The summed E-state index contributed by atoms with van der Waals surface area (Å²) in [5, 5.41) is 57.9. The number of nitrogens with zero attached hydrogens (tertiary/aromatic N) is 20. The highest BCUT2D eigenvalue weighted by Gasteiger charge is 2.31. The van der Waals surface area contributed by atoms with Gasteiger partial charge in [0.1, 0.15) is 34.4 Å². The van der Waals surface area contributed by atoms with Crippen LogP contribution < -0.4 is 9.47 Å². The van der Waals surface area contributed by atoms with E-state index in [1.807, 2.05) is 107 Å². The average Bonchev–Trinajstić information content (AvgIpc) is 1.73. The van der Waals surface area contributed by atoms with Crippen LogP contribution in [0.5, 0.6) is 12.0 Å². The molecule has 0 spiro atoms. The number of H-pyrrole nitrogens is 4. The first-order chi connectivity index (χ1) is 64.5. The minimum absolute atomic E-state index is 0.154. The molecule has 20 rings (SSSR count). The van der Waals surface area contributed by atoms with Crippen LogP contribution in [-0.4, -0.2) is 157 Å². The molecular weight excluding hydrogens is 1650 g/mol. The van der Waals surface area contributed by atoms with Gasteiger partial charge in [-0.1, -0.05) is 227 Å². The topological polar surface area (TPSA) is 376 Å². The van der Waals surface area contributed by atoms with E-state index in [0.717, 1.165) is 244 Å². The van der Waals surface area contributed by atoms with Gasteiger partial charge in [0.15, 0.2) is 23.1 Å². The first kappa shape index (κ1) is 87.9. The van der Waals surface area contributed by atoms with Gasteiger partial charge in [-0.2, -0.15) is 30.8 Å². The van der Waals surface area contributed by atoms with Crippen molar-refractivity contribution in [3.8, 4) is 102 Å². The Morgan fingerprint density at radius 1 is 0.328 bits per heavy atom. The predicted molar refractivity (Wildman–Crippen MR) is 498 cm³/mol. The molecule has 0 saturated heterocycles. The first-order valence-corrected chi connectivity index (χ1v) is 45.6. The van der Waals surface area contributed by atoms with Crippen LogP contribution in [0.2, 0.25) is 0 Å². The van der Waals surface area contributed by atoms with E-state index in [4.69, 9.17) is 24.4 Å². The monoisotopic (exact) mass is 1750 g/mol. The van der Waals surface area contributed by atoms with Crippen LogP contribution >= 0.6 is 0 Å². The van der Waals surface area contributed by atoms with Crippen LogP contribution in [-0.2, 0) is 58.3 Å². The van der Waals surface area contributed by atoms with Gasteiger partial charge in [-0.25, -0.2) is 9.97 Å². The molecule has 0 bridgehead atoms. The van der Waals surface area contributed by atoms with E-state index >= 15 is 0 Å². The Labute approximate surface area is 758 Å². The van der Waals surface area contributed by atoms with Crippen molar-refractivity contribution in [3.63, 3.8) is 0 Å². The van der Waals surface area contributed by atoms with Crippen LogP contribution in [0.15, 0.2) is 200 Å². The van der Waals surface area contributed by atoms with Gasteiger partial charge in [-0.05, 0) is 197 Å². The summed E-state index contributed by atoms with van der Waals surface area (Å²) < 4.78 is 19.9. The number of hydrogen-bond acceptors (Lipinski definition) is 22. The summed E-state index contributed by atoms with van der Waals surface area (Å²) in [7, 11) is 0. The van der Waals surface area contributed by atoms with E-state index < -0.39 is 0 Å². The number of ether oxygens (including phenoxy) is 2. The maximum Gasteiger partial charge on any atom is 0.297 e. The first-order valence-electron chi connectivity index (χ1n) is 45.6. The quantitative estimate of drug-likeness (QED) is 0.0366.